The molecule has 0 N–H and O–H groups in total. The second kappa shape index (κ2) is 7.21. The van der Waals surface area contributed by atoms with Crippen molar-refractivity contribution in [3.8, 4) is 0 Å². The Morgan fingerprint density at radius 1 is 1.35 bits per heavy atom. The Morgan fingerprint density at radius 2 is 2.19 bits per heavy atom. The van der Waals surface area contributed by atoms with Crippen molar-refractivity contribution in [1.82, 2.24) is 14.8 Å². The number of oxazole rings is 1. The number of hydrogen-bond acceptors (Lipinski definition) is 5. The molecule has 6 nitrogen and oxygen atoms in total. The first-order valence-electron chi connectivity index (χ1n) is 9.21. The molecule has 0 saturated carbocycles. The predicted octanol–water partition coefficient (Wildman–Crippen LogP) is 2.40. The minimum atomic E-state index is -0.121. The molecule has 1 unspecified atom stereocenters. The second-order valence-electron chi connectivity index (χ2n) is 7.17. The van der Waals surface area contributed by atoms with Gasteiger partial charge < -0.3 is 14.1 Å². The summed E-state index contributed by atoms with van der Waals surface area (Å²) in [6.07, 6.45) is 1.78. The Labute approximate surface area is 153 Å². The van der Waals surface area contributed by atoms with E-state index in [4.69, 9.17) is 9.15 Å². The first kappa shape index (κ1) is 17.2. The SMILES string of the molecule is COC1CCN(C(=O)c2nc3c(o2)CCN(Cc2ccccc2C)C3)C1. The molecule has 1 aromatic heterocycles. The highest BCUT2D eigenvalue weighted by Gasteiger charge is 2.31. The van der Waals surface area contributed by atoms with Crippen LogP contribution >= 0.6 is 0 Å². The third kappa shape index (κ3) is 3.39. The fourth-order valence-electron chi connectivity index (χ4n) is 3.75. The molecule has 0 aliphatic carbocycles. The van der Waals surface area contributed by atoms with Crippen LogP contribution in [0.5, 0.6) is 0 Å². The predicted molar refractivity (Wildman–Crippen MR) is 96.8 cm³/mol. The molecule has 3 heterocycles. The lowest BCUT2D eigenvalue weighted by Gasteiger charge is -2.25. The van der Waals surface area contributed by atoms with Crippen molar-refractivity contribution in [2.75, 3.05) is 26.7 Å². The molecule has 1 amide bonds. The fraction of sp³-hybridized carbons (Fsp3) is 0.500. The van der Waals surface area contributed by atoms with Gasteiger partial charge in [-0.25, -0.2) is 4.98 Å². The Morgan fingerprint density at radius 3 is 2.96 bits per heavy atom. The zero-order chi connectivity index (χ0) is 18.1. The number of aryl methyl sites for hydroxylation is 1. The van der Waals surface area contributed by atoms with E-state index in [1.807, 2.05) is 0 Å². The van der Waals surface area contributed by atoms with Gasteiger partial charge in [0.2, 0.25) is 0 Å². The Kier molecular flexibility index (Phi) is 4.78. The van der Waals surface area contributed by atoms with E-state index in [1.54, 1.807) is 12.0 Å². The van der Waals surface area contributed by atoms with Crippen LogP contribution in [0.2, 0.25) is 0 Å². The highest BCUT2D eigenvalue weighted by Crippen LogP contribution is 2.24. The van der Waals surface area contributed by atoms with Gasteiger partial charge in [-0.15, -0.1) is 0 Å². The van der Waals surface area contributed by atoms with Crippen LogP contribution in [0.3, 0.4) is 0 Å². The van der Waals surface area contributed by atoms with Crippen molar-refractivity contribution in [1.29, 1.82) is 0 Å². The molecule has 0 bridgehead atoms. The number of benzene rings is 1. The smallest absolute Gasteiger partial charge is 0.309 e. The molecule has 1 saturated heterocycles. The maximum atomic E-state index is 12.6. The van der Waals surface area contributed by atoms with E-state index in [0.717, 1.165) is 43.9 Å². The van der Waals surface area contributed by atoms with Crippen LogP contribution < -0.4 is 0 Å². The van der Waals surface area contributed by atoms with Crippen LogP contribution in [-0.2, 0) is 24.2 Å². The molecule has 1 atom stereocenters. The molecule has 1 aromatic carbocycles. The maximum absolute atomic E-state index is 12.6. The Balaban J connectivity index is 1.44. The lowest BCUT2D eigenvalue weighted by Crippen LogP contribution is -2.30. The molecule has 138 valence electrons. The van der Waals surface area contributed by atoms with Gasteiger partial charge in [-0.2, -0.15) is 0 Å². The van der Waals surface area contributed by atoms with Gasteiger partial charge in [0.15, 0.2) is 0 Å². The summed E-state index contributed by atoms with van der Waals surface area (Å²) < 4.78 is 11.1. The van der Waals surface area contributed by atoms with Crippen LogP contribution in [0, 0.1) is 6.92 Å². The number of nitrogens with zero attached hydrogens (tertiary/aromatic N) is 3. The zero-order valence-electron chi connectivity index (χ0n) is 15.4. The molecule has 4 rings (SSSR count). The largest absolute Gasteiger partial charge is 0.437 e. The molecular weight excluding hydrogens is 330 g/mol. The van der Waals surface area contributed by atoms with Gasteiger partial charge >= 0.3 is 5.91 Å². The molecule has 0 radical (unpaired) electrons. The molecule has 26 heavy (non-hydrogen) atoms. The molecular formula is C20H25N3O3. The van der Waals surface area contributed by atoms with E-state index in [2.05, 4.69) is 41.1 Å². The molecule has 2 aliphatic rings. The fourth-order valence-corrected chi connectivity index (χ4v) is 3.75. The van der Waals surface area contributed by atoms with Gasteiger partial charge in [-0.05, 0) is 24.5 Å². The van der Waals surface area contributed by atoms with Gasteiger partial charge in [0.05, 0.1) is 11.8 Å². The number of ether oxygens (including phenoxy) is 1. The Hall–Kier alpha value is -2.18. The van der Waals surface area contributed by atoms with E-state index < -0.39 is 0 Å². The maximum Gasteiger partial charge on any atom is 0.309 e. The van der Waals surface area contributed by atoms with Gasteiger partial charge in [0.1, 0.15) is 5.76 Å². The highest BCUT2D eigenvalue weighted by molar-refractivity contribution is 5.90. The number of hydrogen-bond donors (Lipinski definition) is 0. The molecule has 0 spiro atoms. The van der Waals surface area contributed by atoms with E-state index in [1.165, 1.54) is 11.1 Å². The van der Waals surface area contributed by atoms with Gasteiger partial charge in [-0.3, -0.25) is 9.69 Å². The minimum absolute atomic E-state index is 0.119. The average molecular weight is 355 g/mol. The second-order valence-corrected chi connectivity index (χ2v) is 7.17. The van der Waals surface area contributed by atoms with Crippen molar-refractivity contribution in [2.45, 2.75) is 39.0 Å². The lowest BCUT2D eigenvalue weighted by atomic mass is 10.1. The average Bonchev–Trinajstić information content (AvgIpc) is 3.29. The minimum Gasteiger partial charge on any atom is -0.437 e. The van der Waals surface area contributed by atoms with E-state index in [9.17, 15) is 4.79 Å². The molecule has 6 heteroatoms. The summed E-state index contributed by atoms with van der Waals surface area (Å²) in [5.74, 6) is 0.964. The number of rotatable bonds is 4. The van der Waals surface area contributed by atoms with Crippen LogP contribution in [-0.4, -0.2) is 53.5 Å². The zero-order valence-corrected chi connectivity index (χ0v) is 15.4. The summed E-state index contributed by atoms with van der Waals surface area (Å²) in [6, 6.07) is 8.45. The summed E-state index contributed by atoms with van der Waals surface area (Å²) >= 11 is 0. The summed E-state index contributed by atoms with van der Waals surface area (Å²) in [5, 5.41) is 0. The first-order valence-corrected chi connectivity index (χ1v) is 9.21. The summed E-state index contributed by atoms with van der Waals surface area (Å²) in [5.41, 5.74) is 3.53. The number of amides is 1. The number of methoxy groups -OCH3 is 1. The van der Waals surface area contributed by atoms with Gasteiger partial charge in [0.25, 0.3) is 5.89 Å². The van der Waals surface area contributed by atoms with Crippen LogP contribution in [0.4, 0.5) is 0 Å². The van der Waals surface area contributed by atoms with E-state index >= 15 is 0 Å². The number of fused-ring (bicyclic) bond motifs is 1. The van der Waals surface area contributed by atoms with Crippen LogP contribution in [0.25, 0.3) is 0 Å². The number of likely N-dealkylation sites (tertiary alicyclic amines) is 1. The molecule has 1 fully saturated rings. The number of carbonyl (C=O) groups excluding carboxylic acids is 1. The number of aromatic nitrogens is 1. The summed E-state index contributed by atoms with van der Waals surface area (Å²) in [7, 11) is 1.69. The van der Waals surface area contributed by atoms with Gasteiger partial charge in [0, 0.05) is 46.3 Å². The van der Waals surface area contributed by atoms with E-state index in [0.29, 0.717) is 13.1 Å². The van der Waals surface area contributed by atoms with Crippen LogP contribution in [0.1, 0.15) is 39.7 Å². The van der Waals surface area contributed by atoms with E-state index in [-0.39, 0.29) is 17.9 Å². The standard InChI is InChI=1S/C20H25N3O3/c1-14-5-3-4-6-15(14)11-22-9-8-18-17(13-22)21-19(26-18)20(24)23-10-7-16(12-23)25-2/h3-6,16H,7-13H2,1-2H3. The third-order valence-corrected chi connectivity index (χ3v) is 5.41. The van der Waals surface area contributed by atoms with Crippen molar-refractivity contribution in [2.24, 2.45) is 0 Å². The molecule has 2 aromatic rings. The van der Waals surface area contributed by atoms with Crippen LogP contribution in [0.15, 0.2) is 28.7 Å². The molecule has 2 aliphatic heterocycles. The number of carbonyl (C=O) groups is 1. The quantitative estimate of drug-likeness (QED) is 0.843. The summed E-state index contributed by atoms with van der Waals surface area (Å²) in [4.78, 5) is 21.3. The van der Waals surface area contributed by atoms with Gasteiger partial charge in [-0.1, -0.05) is 24.3 Å². The highest BCUT2D eigenvalue weighted by atomic mass is 16.5. The van der Waals surface area contributed by atoms with Crippen molar-refractivity contribution < 1.29 is 13.9 Å². The summed E-state index contributed by atoms with van der Waals surface area (Å²) in [6.45, 7) is 5.98. The van der Waals surface area contributed by atoms with Crippen molar-refractivity contribution >= 4 is 5.91 Å². The normalized spacial score (nSPS) is 20.4. The topological polar surface area (TPSA) is 58.8 Å². The third-order valence-electron chi connectivity index (χ3n) is 5.41. The first-order chi connectivity index (χ1) is 12.6. The lowest BCUT2D eigenvalue weighted by molar-refractivity contribution is 0.0687. The van der Waals surface area contributed by atoms with Crippen molar-refractivity contribution in [3.63, 3.8) is 0 Å². The monoisotopic (exact) mass is 355 g/mol. The Bertz CT molecular complexity index is 801. The van der Waals surface area contributed by atoms with Crippen molar-refractivity contribution in [3.05, 3.63) is 52.7 Å².